The Kier molecular flexibility index (Phi) is 8.30. The molecule has 0 spiro atoms. The maximum absolute atomic E-state index is 13.1. The lowest BCUT2D eigenvalue weighted by atomic mass is 9.96. The van der Waals surface area contributed by atoms with E-state index in [9.17, 15) is 41.0 Å². The van der Waals surface area contributed by atoms with Crippen LogP contribution in [0.5, 0.6) is 0 Å². The minimum atomic E-state index is -5.07. The Balaban J connectivity index is 3.26. The van der Waals surface area contributed by atoms with Gasteiger partial charge in [-0.15, -0.1) is 0 Å². The topological polar surface area (TPSA) is 77.8 Å². The number of amides is 1. The van der Waals surface area contributed by atoms with Crippen LogP contribution in [0.15, 0.2) is 18.2 Å². The Morgan fingerprint density at radius 2 is 1.40 bits per heavy atom. The Morgan fingerprint density at radius 1 is 0.933 bits per heavy atom. The molecule has 0 aliphatic rings. The van der Waals surface area contributed by atoms with Crippen LogP contribution in [0.3, 0.4) is 0 Å². The van der Waals surface area contributed by atoms with E-state index in [1.54, 1.807) is 13.8 Å². The smallest absolute Gasteiger partial charge is 0.416 e. The zero-order chi connectivity index (χ0) is 23.4. The number of nitrogens with zero attached hydrogens (tertiary/aromatic N) is 1. The largest absolute Gasteiger partial charge is 0.481 e. The lowest BCUT2D eigenvalue weighted by Gasteiger charge is -2.36. The number of carbonyl (C=O) groups is 2. The van der Waals surface area contributed by atoms with Crippen molar-refractivity contribution in [3.8, 4) is 0 Å². The van der Waals surface area contributed by atoms with Gasteiger partial charge >= 0.3 is 18.3 Å². The highest BCUT2D eigenvalue weighted by Crippen LogP contribution is 2.38. The zero-order valence-electron chi connectivity index (χ0n) is 16.5. The van der Waals surface area contributed by atoms with Gasteiger partial charge in [0.25, 0.3) is 0 Å². The normalized spacial score (nSPS) is 14.5. The van der Waals surface area contributed by atoms with E-state index >= 15 is 0 Å². The second-order valence-corrected chi connectivity index (χ2v) is 7.17. The van der Waals surface area contributed by atoms with Crippen molar-refractivity contribution >= 4 is 11.9 Å². The van der Waals surface area contributed by atoms with Crippen molar-refractivity contribution in [2.75, 3.05) is 0 Å². The van der Waals surface area contributed by atoms with Crippen molar-refractivity contribution in [3.63, 3.8) is 0 Å². The molecular weight excluding hydrogens is 420 g/mol. The Hall–Kier alpha value is -2.30. The van der Waals surface area contributed by atoms with Crippen molar-refractivity contribution < 1.29 is 46.1 Å². The Bertz CT molecular complexity index is 728. The lowest BCUT2D eigenvalue weighted by Crippen LogP contribution is -2.46. The number of halogens is 6. The number of carboxylic acid groups (broad SMARTS) is 1. The summed E-state index contributed by atoms with van der Waals surface area (Å²) in [6.45, 7) is 4.42. The predicted molar refractivity (Wildman–Crippen MR) is 94.3 cm³/mol. The van der Waals surface area contributed by atoms with Gasteiger partial charge in [-0.25, -0.2) is 0 Å². The van der Waals surface area contributed by atoms with Gasteiger partial charge in [0, 0.05) is 18.9 Å². The van der Waals surface area contributed by atoms with Crippen LogP contribution in [0, 0.1) is 0 Å². The highest BCUT2D eigenvalue weighted by atomic mass is 19.4. The predicted octanol–water partition coefficient (Wildman–Crippen LogP) is 4.64. The molecular formula is C19H23F6NO4. The van der Waals surface area contributed by atoms with Gasteiger partial charge in [-0.2, -0.15) is 26.3 Å². The van der Waals surface area contributed by atoms with E-state index < -0.39 is 59.1 Å². The van der Waals surface area contributed by atoms with E-state index in [1.165, 1.54) is 6.92 Å². The summed E-state index contributed by atoms with van der Waals surface area (Å²) in [7, 11) is 0. The molecule has 1 aromatic rings. The summed E-state index contributed by atoms with van der Waals surface area (Å²) in [5.74, 6) is -1.68. The zero-order valence-corrected chi connectivity index (χ0v) is 16.5. The van der Waals surface area contributed by atoms with Crippen LogP contribution in [0.25, 0.3) is 0 Å². The second-order valence-electron chi connectivity index (χ2n) is 7.17. The summed E-state index contributed by atoms with van der Waals surface area (Å²) in [4.78, 5) is 24.2. The molecule has 0 bridgehead atoms. The summed E-state index contributed by atoms with van der Waals surface area (Å²) in [5.41, 5.74) is -3.77. The van der Waals surface area contributed by atoms with Gasteiger partial charge < -0.3 is 15.1 Å². The van der Waals surface area contributed by atoms with E-state index in [-0.39, 0.29) is 25.3 Å². The average Bonchev–Trinajstić information content (AvgIpc) is 2.58. The fraction of sp³-hybridized carbons (Fsp3) is 0.579. The molecule has 170 valence electrons. The van der Waals surface area contributed by atoms with Crippen LogP contribution >= 0.6 is 0 Å². The van der Waals surface area contributed by atoms with Crippen LogP contribution in [-0.2, 0) is 21.9 Å². The van der Waals surface area contributed by atoms with E-state index in [2.05, 4.69) is 0 Å². The molecule has 30 heavy (non-hydrogen) atoms. The minimum Gasteiger partial charge on any atom is -0.481 e. The molecule has 0 aliphatic heterocycles. The lowest BCUT2D eigenvalue weighted by molar-refractivity contribution is -0.144. The van der Waals surface area contributed by atoms with E-state index in [4.69, 9.17) is 5.11 Å². The number of aliphatic hydroxyl groups excluding tert-OH is 1. The standard InChI is InChI=1S/C19H23F6NO4/c1-10(2)26(15(27)5-4-6-16(28)29)11(3)17(30)12-7-13(18(20,21)22)9-14(8-12)19(23,24)25/h7-11,17,30H,4-6H2,1-3H3,(H,28,29). The molecule has 2 N–H and O–H groups in total. The van der Waals surface area contributed by atoms with E-state index in [0.717, 1.165) is 4.90 Å². The first-order valence-electron chi connectivity index (χ1n) is 9.06. The molecule has 0 saturated carbocycles. The van der Waals surface area contributed by atoms with E-state index in [0.29, 0.717) is 12.1 Å². The van der Waals surface area contributed by atoms with Crippen molar-refractivity contribution in [2.24, 2.45) is 0 Å². The second kappa shape index (κ2) is 9.67. The van der Waals surface area contributed by atoms with Crippen molar-refractivity contribution in [1.29, 1.82) is 0 Å². The summed E-state index contributed by atoms with van der Waals surface area (Å²) in [6.07, 6.45) is -12.4. The maximum atomic E-state index is 13.1. The van der Waals surface area contributed by atoms with Crippen molar-refractivity contribution in [2.45, 2.75) is 70.6 Å². The van der Waals surface area contributed by atoms with Crippen LogP contribution in [0.4, 0.5) is 26.3 Å². The molecule has 11 heteroatoms. The summed E-state index contributed by atoms with van der Waals surface area (Å²) >= 11 is 0. The van der Waals surface area contributed by atoms with Crippen molar-refractivity contribution in [3.05, 3.63) is 34.9 Å². The number of benzene rings is 1. The third kappa shape index (κ3) is 6.89. The molecule has 2 unspecified atom stereocenters. The summed E-state index contributed by atoms with van der Waals surface area (Å²) in [6, 6.07) is -0.905. The highest BCUT2D eigenvalue weighted by molar-refractivity contribution is 5.77. The number of carboxylic acids is 1. The van der Waals surface area contributed by atoms with Crippen LogP contribution in [-0.4, -0.2) is 39.1 Å². The molecule has 0 aromatic heterocycles. The molecule has 0 heterocycles. The van der Waals surface area contributed by atoms with Crippen LogP contribution in [0.1, 0.15) is 62.8 Å². The molecule has 2 atom stereocenters. The molecule has 0 fully saturated rings. The molecule has 1 aromatic carbocycles. The van der Waals surface area contributed by atoms with Crippen LogP contribution < -0.4 is 0 Å². The fourth-order valence-corrected chi connectivity index (χ4v) is 3.09. The number of aliphatic carboxylic acids is 1. The quantitative estimate of drug-likeness (QED) is 0.574. The summed E-state index contributed by atoms with van der Waals surface area (Å²) < 4.78 is 78.4. The number of hydrogen-bond donors (Lipinski definition) is 2. The van der Waals surface area contributed by atoms with Crippen LogP contribution in [0.2, 0.25) is 0 Å². The third-order valence-corrected chi connectivity index (χ3v) is 4.47. The minimum absolute atomic E-state index is 0.00197. The Morgan fingerprint density at radius 3 is 1.77 bits per heavy atom. The Labute approximate surface area is 169 Å². The highest BCUT2D eigenvalue weighted by Gasteiger charge is 2.38. The molecule has 0 radical (unpaired) electrons. The first-order valence-corrected chi connectivity index (χ1v) is 9.06. The molecule has 0 saturated heterocycles. The SMILES string of the molecule is CC(C)N(C(=O)CCCC(=O)O)C(C)C(O)c1cc(C(F)(F)F)cc(C(F)(F)F)c1. The van der Waals surface area contributed by atoms with Gasteiger partial charge in [-0.1, -0.05) is 0 Å². The fourth-order valence-electron chi connectivity index (χ4n) is 3.09. The van der Waals surface area contributed by atoms with Gasteiger partial charge in [0.1, 0.15) is 0 Å². The summed E-state index contributed by atoms with van der Waals surface area (Å²) in [5, 5.41) is 19.2. The number of alkyl halides is 6. The van der Waals surface area contributed by atoms with Gasteiger partial charge in [-0.05, 0) is 51.0 Å². The number of hydrogen-bond acceptors (Lipinski definition) is 3. The molecule has 1 amide bonds. The number of aliphatic hydroxyl groups is 1. The van der Waals surface area contributed by atoms with Gasteiger partial charge in [0.2, 0.25) is 5.91 Å². The van der Waals surface area contributed by atoms with Gasteiger partial charge in [0.15, 0.2) is 0 Å². The number of rotatable bonds is 8. The first-order chi connectivity index (χ1) is 13.6. The average molecular weight is 443 g/mol. The van der Waals surface area contributed by atoms with Crippen molar-refractivity contribution in [1.82, 2.24) is 4.90 Å². The number of carbonyl (C=O) groups excluding carboxylic acids is 1. The third-order valence-electron chi connectivity index (χ3n) is 4.47. The van der Waals surface area contributed by atoms with Gasteiger partial charge in [-0.3, -0.25) is 9.59 Å². The maximum Gasteiger partial charge on any atom is 0.416 e. The monoisotopic (exact) mass is 443 g/mol. The van der Waals surface area contributed by atoms with Gasteiger partial charge in [0.05, 0.1) is 23.3 Å². The first kappa shape index (κ1) is 25.7. The molecule has 1 rings (SSSR count). The van der Waals surface area contributed by atoms with E-state index in [1.807, 2.05) is 0 Å². The molecule has 0 aliphatic carbocycles. The molecule has 5 nitrogen and oxygen atoms in total.